The fourth-order valence-electron chi connectivity index (χ4n) is 3.77. The van der Waals surface area contributed by atoms with Crippen molar-refractivity contribution in [3.8, 4) is 17.2 Å². The van der Waals surface area contributed by atoms with Gasteiger partial charge in [-0.1, -0.05) is 38.6 Å². The number of rotatable bonds is 14. The molecule has 0 radical (unpaired) electrons. The molecule has 206 valence electrons. The van der Waals surface area contributed by atoms with E-state index < -0.39 is 0 Å². The Morgan fingerprint density at radius 3 is 2.16 bits per heavy atom. The molecule has 2 atom stereocenters. The molecule has 1 aromatic heterocycles. The highest BCUT2D eigenvalue weighted by molar-refractivity contribution is 5.75. The summed E-state index contributed by atoms with van der Waals surface area (Å²) in [6.07, 6.45) is 2.31. The number of anilines is 1. The Kier molecular flexibility index (Phi) is 13.2. The summed E-state index contributed by atoms with van der Waals surface area (Å²) in [5, 5.41) is 3.27. The van der Waals surface area contributed by atoms with Crippen molar-refractivity contribution in [1.82, 2.24) is 4.98 Å². The molecule has 0 saturated heterocycles. The van der Waals surface area contributed by atoms with Gasteiger partial charge in [0.25, 0.3) is 0 Å². The Bertz CT molecular complexity index is 1120. The van der Waals surface area contributed by atoms with Gasteiger partial charge in [-0.05, 0) is 55.3 Å². The average Bonchev–Trinajstić information content (AvgIpc) is 2.91. The summed E-state index contributed by atoms with van der Waals surface area (Å²) in [5.74, 6) is 2.88. The van der Waals surface area contributed by atoms with Gasteiger partial charge in [0.1, 0.15) is 29.2 Å². The first-order valence-corrected chi connectivity index (χ1v) is 12.9. The molecule has 0 fully saturated rings. The van der Waals surface area contributed by atoms with Gasteiger partial charge in [-0.2, -0.15) is 0 Å². The molecule has 0 spiro atoms. The minimum Gasteiger partial charge on any atom is -0.497 e. The van der Waals surface area contributed by atoms with E-state index in [1.807, 2.05) is 76.2 Å². The maximum absolute atomic E-state index is 6.31. The zero-order chi connectivity index (χ0) is 27.9. The lowest BCUT2D eigenvalue weighted by molar-refractivity contribution is 0.0917. The highest BCUT2D eigenvalue weighted by Crippen LogP contribution is 2.29. The fourth-order valence-corrected chi connectivity index (χ4v) is 3.77. The standard InChI is InChI=1S/C29H36N2O5.C2H6/c1-20(12-23-8-7-9-26(13-23)34-6)35-27-14-25(15-28(16-27)36-21(2)18-32-4)22(3)31-29-11-10-24(17-30-29)19-33-5;1-2/h7-11,13-17,20-21H,3,12,18-19H2,1-2,4-6H3,(H,30,31);1-2H3. The van der Waals surface area contributed by atoms with Crippen LogP contribution in [-0.4, -0.2) is 45.1 Å². The molecule has 0 bridgehead atoms. The molecule has 3 aromatic rings. The second-order valence-corrected chi connectivity index (χ2v) is 8.65. The van der Waals surface area contributed by atoms with Gasteiger partial charge in [-0.15, -0.1) is 0 Å². The Balaban J connectivity index is 0.00000247. The molecule has 7 heteroatoms. The molecule has 0 aliphatic rings. The van der Waals surface area contributed by atoms with Crippen molar-refractivity contribution >= 4 is 11.5 Å². The molecule has 0 aliphatic heterocycles. The van der Waals surface area contributed by atoms with Crippen molar-refractivity contribution in [1.29, 1.82) is 0 Å². The zero-order valence-electron chi connectivity index (χ0n) is 23.7. The molecule has 2 aromatic carbocycles. The SMILES string of the molecule is C=C(Nc1ccc(COC)cn1)c1cc(OC(C)COC)cc(OC(C)Cc2cccc(OC)c2)c1.CC. The summed E-state index contributed by atoms with van der Waals surface area (Å²) in [6, 6.07) is 17.6. The van der Waals surface area contributed by atoms with Gasteiger partial charge in [0.05, 0.1) is 26.4 Å². The number of nitrogens with zero attached hydrogens (tertiary/aromatic N) is 1. The van der Waals surface area contributed by atoms with Gasteiger partial charge < -0.3 is 29.0 Å². The summed E-state index contributed by atoms with van der Waals surface area (Å²) < 4.78 is 28.1. The van der Waals surface area contributed by atoms with Crippen LogP contribution in [0.1, 0.15) is 44.4 Å². The molecule has 7 nitrogen and oxygen atoms in total. The molecule has 3 rings (SSSR count). The van der Waals surface area contributed by atoms with E-state index in [2.05, 4.69) is 22.9 Å². The Morgan fingerprint density at radius 1 is 0.842 bits per heavy atom. The van der Waals surface area contributed by atoms with Crippen LogP contribution in [0.25, 0.3) is 5.70 Å². The average molecular weight is 523 g/mol. The van der Waals surface area contributed by atoms with Crippen molar-refractivity contribution in [2.45, 2.75) is 52.9 Å². The number of benzene rings is 2. The predicted molar refractivity (Wildman–Crippen MR) is 154 cm³/mol. The van der Waals surface area contributed by atoms with Crippen molar-refractivity contribution in [3.63, 3.8) is 0 Å². The lowest BCUT2D eigenvalue weighted by atomic mass is 10.1. The van der Waals surface area contributed by atoms with Crippen molar-refractivity contribution in [2.75, 3.05) is 33.3 Å². The van der Waals surface area contributed by atoms with Gasteiger partial charge in [0.15, 0.2) is 0 Å². The van der Waals surface area contributed by atoms with Crippen molar-refractivity contribution < 1.29 is 23.7 Å². The van der Waals surface area contributed by atoms with Crippen LogP contribution in [0.15, 0.2) is 67.4 Å². The van der Waals surface area contributed by atoms with Gasteiger partial charge in [-0.3, -0.25) is 0 Å². The van der Waals surface area contributed by atoms with Crippen molar-refractivity contribution in [2.24, 2.45) is 0 Å². The zero-order valence-corrected chi connectivity index (χ0v) is 23.7. The second kappa shape index (κ2) is 16.3. The van der Waals surface area contributed by atoms with Gasteiger partial charge >= 0.3 is 0 Å². The van der Waals surface area contributed by atoms with Crippen LogP contribution in [0, 0.1) is 0 Å². The summed E-state index contributed by atoms with van der Waals surface area (Å²) >= 11 is 0. The number of methoxy groups -OCH3 is 3. The molecular weight excluding hydrogens is 480 g/mol. The van der Waals surface area contributed by atoms with Gasteiger partial charge in [0, 0.05) is 44.2 Å². The summed E-state index contributed by atoms with van der Waals surface area (Å²) in [7, 11) is 4.98. The topological polar surface area (TPSA) is 71.1 Å². The third-order valence-electron chi connectivity index (χ3n) is 5.38. The van der Waals surface area contributed by atoms with Gasteiger partial charge in [-0.25, -0.2) is 4.98 Å². The van der Waals surface area contributed by atoms with Crippen LogP contribution in [0.5, 0.6) is 17.2 Å². The quantitative estimate of drug-likeness (QED) is 0.250. The Hall–Kier alpha value is -3.55. The van der Waals surface area contributed by atoms with E-state index in [0.717, 1.165) is 28.9 Å². The maximum Gasteiger partial charge on any atom is 0.130 e. The number of hydrogen-bond acceptors (Lipinski definition) is 7. The summed E-state index contributed by atoms with van der Waals surface area (Å²) in [4.78, 5) is 4.45. The number of nitrogens with one attached hydrogen (secondary N) is 1. The lowest BCUT2D eigenvalue weighted by Gasteiger charge is -2.20. The molecule has 1 N–H and O–H groups in total. The van der Waals surface area contributed by atoms with Crippen LogP contribution in [-0.2, 0) is 22.5 Å². The van der Waals surface area contributed by atoms with E-state index in [1.54, 1.807) is 27.5 Å². The first kappa shape index (κ1) is 30.7. The Labute approximate surface area is 227 Å². The van der Waals surface area contributed by atoms with E-state index in [9.17, 15) is 0 Å². The molecule has 1 heterocycles. The predicted octanol–water partition coefficient (Wildman–Crippen LogP) is 6.77. The van der Waals surface area contributed by atoms with Crippen LogP contribution in [0.3, 0.4) is 0 Å². The number of hydrogen-bond donors (Lipinski definition) is 1. The maximum atomic E-state index is 6.31. The fraction of sp³-hybridized carbons (Fsp3) is 0.387. The third-order valence-corrected chi connectivity index (χ3v) is 5.38. The highest BCUT2D eigenvalue weighted by Gasteiger charge is 2.13. The number of aromatic nitrogens is 1. The minimum absolute atomic E-state index is 0.0761. The number of pyridine rings is 1. The largest absolute Gasteiger partial charge is 0.497 e. The van der Waals surface area contributed by atoms with Crippen LogP contribution in [0.2, 0.25) is 0 Å². The van der Waals surface area contributed by atoms with E-state index in [-0.39, 0.29) is 12.2 Å². The first-order valence-electron chi connectivity index (χ1n) is 12.9. The van der Waals surface area contributed by atoms with Crippen LogP contribution in [0.4, 0.5) is 5.82 Å². The third kappa shape index (κ3) is 10.1. The van der Waals surface area contributed by atoms with Gasteiger partial charge in [0.2, 0.25) is 0 Å². The van der Waals surface area contributed by atoms with Crippen molar-refractivity contribution in [3.05, 3.63) is 84.1 Å². The van der Waals surface area contributed by atoms with E-state index in [1.165, 1.54) is 0 Å². The van der Waals surface area contributed by atoms with Crippen LogP contribution < -0.4 is 19.5 Å². The highest BCUT2D eigenvalue weighted by atomic mass is 16.5. The Morgan fingerprint density at radius 2 is 1.55 bits per heavy atom. The molecule has 0 saturated carbocycles. The van der Waals surface area contributed by atoms with E-state index in [4.69, 9.17) is 23.7 Å². The van der Waals surface area contributed by atoms with Crippen LogP contribution >= 0.6 is 0 Å². The molecule has 38 heavy (non-hydrogen) atoms. The second-order valence-electron chi connectivity index (χ2n) is 8.65. The summed E-state index contributed by atoms with van der Waals surface area (Å²) in [6.45, 7) is 13.2. The molecule has 0 amide bonds. The first-order chi connectivity index (χ1) is 18.4. The summed E-state index contributed by atoms with van der Waals surface area (Å²) in [5.41, 5.74) is 3.65. The van der Waals surface area contributed by atoms with E-state index >= 15 is 0 Å². The smallest absolute Gasteiger partial charge is 0.130 e. The molecule has 2 unspecified atom stereocenters. The van der Waals surface area contributed by atoms with E-state index in [0.29, 0.717) is 36.2 Å². The monoisotopic (exact) mass is 522 g/mol. The molecule has 0 aliphatic carbocycles. The lowest BCUT2D eigenvalue weighted by Crippen LogP contribution is -2.19. The normalized spacial score (nSPS) is 12.0. The minimum atomic E-state index is -0.122. The number of ether oxygens (including phenoxy) is 5. The molecular formula is C31H42N2O5.